The lowest BCUT2D eigenvalue weighted by Gasteiger charge is -2.18. The molecule has 0 aliphatic carbocycles. The average Bonchev–Trinajstić information content (AvgIpc) is 2.62. The molecular formula is C21H28N2O3S. The molecule has 1 aromatic carbocycles. The monoisotopic (exact) mass is 388 g/mol. The maximum absolute atomic E-state index is 12.8. The molecule has 1 heterocycles. The van der Waals surface area contributed by atoms with E-state index in [-0.39, 0.29) is 24.1 Å². The minimum Gasteiger partial charge on any atom is -0.490 e. The van der Waals surface area contributed by atoms with Gasteiger partial charge in [-0.15, -0.1) is 11.8 Å². The number of hydrogen-bond acceptors (Lipinski definition) is 4. The summed E-state index contributed by atoms with van der Waals surface area (Å²) in [6.07, 6.45) is 2.93. The summed E-state index contributed by atoms with van der Waals surface area (Å²) in [6, 6.07) is 5.74. The van der Waals surface area contributed by atoms with Crippen LogP contribution in [-0.2, 0) is 6.54 Å². The summed E-state index contributed by atoms with van der Waals surface area (Å²) in [7, 11) is 0. The number of ether oxygens (including phenoxy) is 1. The molecule has 1 atom stereocenters. The van der Waals surface area contributed by atoms with E-state index in [0.29, 0.717) is 11.1 Å². The van der Waals surface area contributed by atoms with Crippen LogP contribution >= 0.6 is 11.8 Å². The molecule has 2 N–H and O–H groups in total. The number of pyridine rings is 1. The highest BCUT2D eigenvalue weighted by molar-refractivity contribution is 7.98. The van der Waals surface area contributed by atoms with Crippen LogP contribution in [0.2, 0.25) is 0 Å². The van der Waals surface area contributed by atoms with Crippen molar-refractivity contribution in [3.63, 3.8) is 0 Å². The molecule has 6 heteroatoms. The van der Waals surface area contributed by atoms with Crippen molar-refractivity contribution in [1.82, 2.24) is 10.3 Å². The number of H-pyrrole nitrogens is 1. The number of amides is 1. The number of hydrogen-bond donors (Lipinski definition) is 2. The summed E-state index contributed by atoms with van der Waals surface area (Å²) >= 11 is 1.56. The Bertz CT molecular complexity index is 890. The first-order valence-electron chi connectivity index (χ1n) is 9.09. The van der Waals surface area contributed by atoms with Gasteiger partial charge in [0.15, 0.2) is 0 Å². The highest BCUT2D eigenvalue weighted by Crippen LogP contribution is 2.30. The van der Waals surface area contributed by atoms with Crippen molar-refractivity contribution in [3.8, 4) is 5.75 Å². The molecule has 27 heavy (non-hydrogen) atoms. The van der Waals surface area contributed by atoms with Gasteiger partial charge in [0.1, 0.15) is 5.75 Å². The van der Waals surface area contributed by atoms with Gasteiger partial charge >= 0.3 is 0 Å². The van der Waals surface area contributed by atoms with Crippen LogP contribution < -0.4 is 15.6 Å². The Morgan fingerprint density at radius 1 is 1.26 bits per heavy atom. The van der Waals surface area contributed by atoms with Crippen LogP contribution in [0.5, 0.6) is 5.75 Å². The predicted molar refractivity (Wildman–Crippen MR) is 111 cm³/mol. The molecule has 0 radical (unpaired) electrons. The second-order valence-corrected chi connectivity index (χ2v) is 7.64. The number of benzene rings is 1. The van der Waals surface area contributed by atoms with Crippen LogP contribution in [0.4, 0.5) is 0 Å². The van der Waals surface area contributed by atoms with Crippen molar-refractivity contribution < 1.29 is 9.53 Å². The van der Waals surface area contributed by atoms with E-state index in [0.717, 1.165) is 33.9 Å². The number of aromatic amines is 1. The molecule has 1 aromatic heterocycles. The van der Waals surface area contributed by atoms with Gasteiger partial charge in [0.05, 0.1) is 6.10 Å². The Morgan fingerprint density at radius 2 is 1.96 bits per heavy atom. The summed E-state index contributed by atoms with van der Waals surface area (Å²) in [5, 5.41) is 2.88. The zero-order valence-corrected chi connectivity index (χ0v) is 17.7. The minimum atomic E-state index is -0.211. The third-order valence-corrected chi connectivity index (χ3v) is 5.34. The van der Waals surface area contributed by atoms with Crippen LogP contribution in [-0.4, -0.2) is 23.3 Å². The van der Waals surface area contributed by atoms with Gasteiger partial charge in [-0.25, -0.2) is 0 Å². The van der Waals surface area contributed by atoms with Crippen molar-refractivity contribution in [2.45, 2.75) is 58.6 Å². The first-order chi connectivity index (χ1) is 12.8. The summed E-state index contributed by atoms with van der Waals surface area (Å²) in [5.41, 5.74) is 3.46. The quantitative estimate of drug-likeness (QED) is 0.700. The Morgan fingerprint density at radius 3 is 2.56 bits per heavy atom. The molecule has 2 rings (SSSR count). The van der Waals surface area contributed by atoms with Gasteiger partial charge < -0.3 is 15.0 Å². The number of aromatic nitrogens is 1. The van der Waals surface area contributed by atoms with Crippen LogP contribution in [0.1, 0.15) is 53.0 Å². The first-order valence-corrected chi connectivity index (χ1v) is 10.3. The number of thioether (sulfide) groups is 1. The molecule has 0 aliphatic rings. The highest BCUT2D eigenvalue weighted by Gasteiger charge is 2.17. The third kappa shape index (κ3) is 5.16. The lowest BCUT2D eigenvalue weighted by molar-refractivity contribution is 0.0949. The summed E-state index contributed by atoms with van der Waals surface area (Å²) < 4.78 is 5.99. The van der Waals surface area contributed by atoms with Crippen LogP contribution in [0, 0.1) is 20.8 Å². The van der Waals surface area contributed by atoms with E-state index in [4.69, 9.17) is 4.74 Å². The molecule has 2 aromatic rings. The second-order valence-electron chi connectivity index (χ2n) is 6.76. The molecule has 0 aliphatic heterocycles. The average molecular weight is 389 g/mol. The number of carbonyl (C=O) groups is 1. The van der Waals surface area contributed by atoms with E-state index in [2.05, 4.69) is 17.2 Å². The van der Waals surface area contributed by atoms with Gasteiger partial charge in [0, 0.05) is 33.8 Å². The van der Waals surface area contributed by atoms with Crippen LogP contribution in [0.25, 0.3) is 0 Å². The smallest absolute Gasteiger partial charge is 0.253 e. The molecule has 5 nitrogen and oxygen atoms in total. The Hall–Kier alpha value is -2.21. The number of aryl methyl sites for hydroxylation is 2. The maximum atomic E-state index is 12.8. The maximum Gasteiger partial charge on any atom is 0.253 e. The van der Waals surface area contributed by atoms with Gasteiger partial charge in [-0.05, 0) is 64.1 Å². The molecule has 0 saturated heterocycles. The minimum absolute atomic E-state index is 0.0745. The van der Waals surface area contributed by atoms with Gasteiger partial charge in [-0.1, -0.05) is 6.92 Å². The fourth-order valence-corrected chi connectivity index (χ4v) is 3.26. The van der Waals surface area contributed by atoms with E-state index in [1.807, 2.05) is 52.1 Å². The SMILES string of the molecule is CCC(C)Oc1cc(SC)cc(C(=O)NCc2c(C)cc(C)[nH]c2=O)c1C. The van der Waals surface area contributed by atoms with Crippen molar-refractivity contribution >= 4 is 17.7 Å². The van der Waals surface area contributed by atoms with Crippen molar-refractivity contribution in [2.75, 3.05) is 6.26 Å². The summed E-state index contributed by atoms with van der Waals surface area (Å²) in [6.45, 7) is 9.87. The fourth-order valence-electron chi connectivity index (χ4n) is 2.80. The largest absolute Gasteiger partial charge is 0.490 e. The van der Waals surface area contributed by atoms with Gasteiger partial charge in [0.25, 0.3) is 11.5 Å². The lowest BCUT2D eigenvalue weighted by Crippen LogP contribution is -2.28. The molecular weight excluding hydrogens is 360 g/mol. The number of rotatable bonds is 7. The fraction of sp³-hybridized carbons (Fsp3) is 0.429. The van der Waals surface area contributed by atoms with E-state index < -0.39 is 0 Å². The normalized spacial score (nSPS) is 11.9. The van der Waals surface area contributed by atoms with Crippen LogP contribution in [0.3, 0.4) is 0 Å². The van der Waals surface area contributed by atoms with E-state index >= 15 is 0 Å². The van der Waals surface area contributed by atoms with Crippen molar-refractivity contribution in [2.24, 2.45) is 0 Å². The topological polar surface area (TPSA) is 71.2 Å². The summed E-state index contributed by atoms with van der Waals surface area (Å²) in [4.78, 5) is 28.7. The Balaban J connectivity index is 2.28. The van der Waals surface area contributed by atoms with Gasteiger partial charge in [0.2, 0.25) is 0 Å². The molecule has 1 amide bonds. The van der Waals surface area contributed by atoms with E-state index in [9.17, 15) is 9.59 Å². The molecule has 0 fully saturated rings. The zero-order valence-electron chi connectivity index (χ0n) is 16.9. The molecule has 1 unspecified atom stereocenters. The van der Waals surface area contributed by atoms with E-state index in [1.54, 1.807) is 11.8 Å². The summed E-state index contributed by atoms with van der Waals surface area (Å²) in [5.74, 6) is 0.516. The Kier molecular flexibility index (Phi) is 7.13. The third-order valence-electron chi connectivity index (χ3n) is 4.64. The van der Waals surface area contributed by atoms with Crippen molar-refractivity contribution in [3.05, 3.63) is 56.5 Å². The second kappa shape index (κ2) is 9.13. The van der Waals surface area contributed by atoms with E-state index in [1.165, 1.54) is 0 Å². The van der Waals surface area contributed by atoms with Gasteiger partial charge in [-0.3, -0.25) is 9.59 Å². The number of carbonyl (C=O) groups excluding carboxylic acids is 1. The first kappa shape index (κ1) is 21.1. The number of nitrogens with one attached hydrogen (secondary N) is 2. The molecule has 0 spiro atoms. The van der Waals surface area contributed by atoms with Crippen molar-refractivity contribution in [1.29, 1.82) is 0 Å². The standard InChI is InChI=1S/C21H28N2O3S/c1-7-14(4)26-19-10-16(27-6)9-17(15(19)5)20(24)22-11-18-12(2)8-13(3)23-21(18)25/h8-10,14H,7,11H2,1-6H3,(H,22,24)(H,23,25). The molecule has 0 saturated carbocycles. The zero-order chi connectivity index (χ0) is 20.1. The predicted octanol–water partition coefficient (Wildman–Crippen LogP) is 4.13. The molecule has 0 bridgehead atoms. The highest BCUT2D eigenvalue weighted by atomic mass is 32.2. The van der Waals surface area contributed by atoms with Crippen LogP contribution in [0.15, 0.2) is 27.9 Å². The van der Waals surface area contributed by atoms with Gasteiger partial charge in [-0.2, -0.15) is 0 Å². The Labute approximate surface area is 164 Å². The lowest BCUT2D eigenvalue weighted by atomic mass is 10.1. The molecule has 146 valence electrons.